The number of carbonyl (C=O) groups is 1. The van der Waals surface area contributed by atoms with Crippen LogP contribution in [-0.2, 0) is 9.31 Å². The van der Waals surface area contributed by atoms with E-state index in [1.165, 1.54) is 0 Å². The summed E-state index contributed by atoms with van der Waals surface area (Å²) in [6.45, 7) is 8.31. The Morgan fingerprint density at radius 2 is 1.76 bits per heavy atom. The van der Waals surface area contributed by atoms with Crippen LogP contribution in [0.1, 0.15) is 45.6 Å². The second-order valence-electron chi connectivity index (χ2n) is 7.89. The van der Waals surface area contributed by atoms with Crippen molar-refractivity contribution >= 4 is 18.7 Å². The Balaban J connectivity index is 1.70. The molecule has 1 aromatic rings. The lowest BCUT2D eigenvalue weighted by Crippen LogP contribution is -2.43. The molecular formula is C18H25BFNO4. The van der Waals surface area contributed by atoms with E-state index in [4.69, 9.17) is 14.4 Å². The van der Waals surface area contributed by atoms with Crippen LogP contribution in [0.15, 0.2) is 24.3 Å². The molecule has 0 radical (unpaired) electrons. The first-order chi connectivity index (χ1) is 11.6. The van der Waals surface area contributed by atoms with Crippen LogP contribution in [0, 0.1) is 0 Å². The Morgan fingerprint density at radius 1 is 1.20 bits per heavy atom. The molecule has 25 heavy (non-hydrogen) atoms. The molecule has 1 N–H and O–H groups in total. The quantitative estimate of drug-likeness (QED) is 0.835. The lowest BCUT2D eigenvalue weighted by atomic mass is 9.77. The molecule has 2 aliphatic heterocycles. The van der Waals surface area contributed by atoms with E-state index < -0.39 is 30.6 Å². The van der Waals surface area contributed by atoms with Gasteiger partial charge in [-0.3, -0.25) is 0 Å². The number of nitrogens with zero attached hydrogens (tertiary/aromatic N) is 1. The van der Waals surface area contributed by atoms with Crippen LogP contribution in [0.4, 0.5) is 9.18 Å². The summed E-state index contributed by atoms with van der Waals surface area (Å²) in [7, 11) is -0.436. The average Bonchev–Trinajstić information content (AvgIpc) is 2.75. The van der Waals surface area contributed by atoms with E-state index in [0.29, 0.717) is 13.0 Å². The third-order valence-corrected chi connectivity index (χ3v) is 5.70. The Bertz CT molecular complexity index is 633. The highest BCUT2D eigenvalue weighted by molar-refractivity contribution is 6.62. The topological polar surface area (TPSA) is 59.0 Å². The fraction of sp³-hybridized carbons (Fsp3) is 0.611. The maximum absolute atomic E-state index is 14.4. The van der Waals surface area contributed by atoms with Gasteiger partial charge in [0.1, 0.15) is 6.17 Å². The molecule has 7 heteroatoms. The Morgan fingerprint density at radius 3 is 2.24 bits per heavy atom. The van der Waals surface area contributed by atoms with Gasteiger partial charge in [-0.1, -0.05) is 24.3 Å². The summed E-state index contributed by atoms with van der Waals surface area (Å²) < 4.78 is 26.5. The van der Waals surface area contributed by atoms with Gasteiger partial charge < -0.3 is 19.3 Å². The second-order valence-corrected chi connectivity index (χ2v) is 7.89. The molecule has 1 amide bonds. The SMILES string of the molecule is CC1(C)OB(c2ccc([C@H]3CCN(C(=O)O)C[C@@H]3F)cc2)OC1(C)C. The number of hydrogen-bond acceptors (Lipinski definition) is 3. The third kappa shape index (κ3) is 3.40. The maximum Gasteiger partial charge on any atom is 0.494 e. The zero-order valence-electron chi connectivity index (χ0n) is 15.2. The van der Waals surface area contributed by atoms with E-state index in [2.05, 4.69) is 0 Å². The summed E-state index contributed by atoms with van der Waals surface area (Å²) in [6.07, 6.45) is -1.76. The molecule has 0 spiro atoms. The number of rotatable bonds is 2. The molecule has 3 rings (SSSR count). The summed E-state index contributed by atoms with van der Waals surface area (Å²) >= 11 is 0. The summed E-state index contributed by atoms with van der Waals surface area (Å²) in [6, 6.07) is 7.61. The molecule has 5 nitrogen and oxygen atoms in total. The molecule has 2 aliphatic rings. The van der Waals surface area contributed by atoms with Crippen LogP contribution in [-0.4, -0.2) is 53.7 Å². The highest BCUT2D eigenvalue weighted by Crippen LogP contribution is 2.36. The Labute approximate surface area is 148 Å². The van der Waals surface area contributed by atoms with Crippen molar-refractivity contribution in [2.45, 2.75) is 57.4 Å². The van der Waals surface area contributed by atoms with Crippen molar-refractivity contribution in [3.8, 4) is 0 Å². The lowest BCUT2D eigenvalue weighted by molar-refractivity contribution is 0.00578. The van der Waals surface area contributed by atoms with Gasteiger partial charge in [0.05, 0.1) is 17.7 Å². The molecule has 0 bridgehead atoms. The molecule has 0 saturated carbocycles. The highest BCUT2D eigenvalue weighted by Gasteiger charge is 2.51. The number of piperidine rings is 1. The number of amides is 1. The lowest BCUT2D eigenvalue weighted by Gasteiger charge is -2.33. The van der Waals surface area contributed by atoms with E-state index in [9.17, 15) is 9.18 Å². The van der Waals surface area contributed by atoms with E-state index in [1.807, 2.05) is 52.0 Å². The first kappa shape index (κ1) is 18.2. The number of likely N-dealkylation sites (tertiary alicyclic amines) is 1. The van der Waals surface area contributed by atoms with Crippen molar-refractivity contribution in [1.82, 2.24) is 4.90 Å². The molecular weight excluding hydrogens is 324 g/mol. The molecule has 2 fully saturated rings. The van der Waals surface area contributed by atoms with Crippen LogP contribution in [0.5, 0.6) is 0 Å². The van der Waals surface area contributed by atoms with Crippen LogP contribution in [0.2, 0.25) is 0 Å². The number of carboxylic acid groups (broad SMARTS) is 1. The van der Waals surface area contributed by atoms with E-state index in [-0.39, 0.29) is 12.5 Å². The maximum atomic E-state index is 14.4. The van der Waals surface area contributed by atoms with Gasteiger partial charge in [-0.15, -0.1) is 0 Å². The van der Waals surface area contributed by atoms with E-state index in [1.54, 1.807) is 0 Å². The molecule has 0 aliphatic carbocycles. The number of halogens is 1. The van der Waals surface area contributed by atoms with Gasteiger partial charge in [0.25, 0.3) is 0 Å². The van der Waals surface area contributed by atoms with Crippen molar-refractivity contribution < 1.29 is 23.6 Å². The minimum Gasteiger partial charge on any atom is -0.465 e. The zero-order chi connectivity index (χ0) is 18.4. The van der Waals surface area contributed by atoms with Gasteiger partial charge in [-0.2, -0.15) is 0 Å². The number of hydrogen-bond donors (Lipinski definition) is 1. The summed E-state index contributed by atoms with van der Waals surface area (Å²) in [4.78, 5) is 12.1. The molecule has 0 aromatic heterocycles. The number of benzene rings is 1. The first-order valence-electron chi connectivity index (χ1n) is 8.68. The van der Waals surface area contributed by atoms with Crippen molar-refractivity contribution in [3.63, 3.8) is 0 Å². The van der Waals surface area contributed by atoms with Crippen molar-refractivity contribution in [2.75, 3.05) is 13.1 Å². The minimum absolute atomic E-state index is 0.0705. The minimum atomic E-state index is -1.19. The predicted molar refractivity (Wildman–Crippen MR) is 94.0 cm³/mol. The van der Waals surface area contributed by atoms with Crippen molar-refractivity contribution in [1.29, 1.82) is 0 Å². The van der Waals surface area contributed by atoms with Gasteiger partial charge >= 0.3 is 13.2 Å². The van der Waals surface area contributed by atoms with Crippen LogP contribution in [0.3, 0.4) is 0 Å². The third-order valence-electron chi connectivity index (χ3n) is 5.70. The normalized spacial score (nSPS) is 28.2. The van der Waals surface area contributed by atoms with Crippen molar-refractivity contribution in [3.05, 3.63) is 29.8 Å². The van der Waals surface area contributed by atoms with Crippen LogP contribution in [0.25, 0.3) is 0 Å². The van der Waals surface area contributed by atoms with Gasteiger partial charge in [0.2, 0.25) is 0 Å². The fourth-order valence-corrected chi connectivity index (χ4v) is 3.33. The number of alkyl halides is 1. The Hall–Kier alpha value is -1.60. The van der Waals surface area contributed by atoms with Gasteiger partial charge in [-0.05, 0) is 45.1 Å². The molecule has 1 aromatic carbocycles. The molecule has 2 atom stereocenters. The molecule has 136 valence electrons. The average molecular weight is 349 g/mol. The molecule has 2 heterocycles. The summed E-state index contributed by atoms with van der Waals surface area (Å²) in [5.41, 5.74) is 0.993. The first-order valence-corrected chi connectivity index (χ1v) is 8.68. The van der Waals surface area contributed by atoms with Gasteiger partial charge in [0, 0.05) is 12.5 Å². The molecule has 0 unspecified atom stereocenters. The van der Waals surface area contributed by atoms with E-state index >= 15 is 0 Å². The zero-order valence-corrected chi connectivity index (χ0v) is 15.2. The molecule has 2 saturated heterocycles. The second kappa shape index (κ2) is 6.29. The summed E-state index contributed by atoms with van der Waals surface area (Å²) in [5, 5.41) is 8.99. The standard InChI is InChI=1S/C18H25BFNO4/c1-17(2)18(3,4)25-19(24-17)13-7-5-12(6-8-13)14-9-10-21(16(22)23)11-15(14)20/h5-8,14-15H,9-11H2,1-4H3,(H,22,23)/t14-,15+/m1/s1. The largest absolute Gasteiger partial charge is 0.494 e. The summed E-state index contributed by atoms with van der Waals surface area (Å²) in [5.74, 6) is -0.275. The van der Waals surface area contributed by atoms with Gasteiger partial charge in [0.15, 0.2) is 0 Å². The predicted octanol–water partition coefficient (Wildman–Crippen LogP) is 2.79. The van der Waals surface area contributed by atoms with Crippen LogP contribution < -0.4 is 5.46 Å². The van der Waals surface area contributed by atoms with Gasteiger partial charge in [-0.25, -0.2) is 9.18 Å². The Kier molecular flexibility index (Phi) is 4.58. The van der Waals surface area contributed by atoms with Crippen LogP contribution >= 0.6 is 0 Å². The highest BCUT2D eigenvalue weighted by atomic mass is 19.1. The smallest absolute Gasteiger partial charge is 0.465 e. The van der Waals surface area contributed by atoms with Crippen molar-refractivity contribution in [2.24, 2.45) is 0 Å². The van der Waals surface area contributed by atoms with E-state index in [0.717, 1.165) is 15.9 Å². The monoisotopic (exact) mass is 349 g/mol. The fourth-order valence-electron chi connectivity index (χ4n) is 3.33.